The molecule has 298 valence electrons. The molecule has 3 aliphatic heterocycles. The summed E-state index contributed by atoms with van der Waals surface area (Å²) < 4.78 is 0. The number of anilines is 3. The first kappa shape index (κ1) is 41.4. The highest BCUT2D eigenvalue weighted by atomic mass is 35.5. The molecule has 3 aliphatic rings. The van der Waals surface area contributed by atoms with Gasteiger partial charge < -0.3 is 14.7 Å². The fourth-order valence-corrected chi connectivity index (χ4v) is 9.01. The van der Waals surface area contributed by atoms with E-state index in [1.54, 1.807) is 17.0 Å². The molecular formula is C48H60ClN3O4. The fourth-order valence-electron chi connectivity index (χ4n) is 8.82. The maximum Gasteiger partial charge on any atom is 0.299 e. The second-order valence-electron chi connectivity index (χ2n) is 15.8. The van der Waals surface area contributed by atoms with Crippen molar-refractivity contribution in [1.82, 2.24) is 0 Å². The van der Waals surface area contributed by atoms with Crippen LogP contribution in [0.3, 0.4) is 0 Å². The number of halogens is 1. The number of amides is 3. The van der Waals surface area contributed by atoms with E-state index in [9.17, 15) is 14.4 Å². The average Bonchev–Trinajstić information content (AvgIpc) is 3.76. The number of carbonyl (C=O) groups excluding carboxylic acids is 4. The van der Waals surface area contributed by atoms with Gasteiger partial charge in [-0.1, -0.05) is 158 Å². The van der Waals surface area contributed by atoms with Crippen LogP contribution >= 0.6 is 11.6 Å². The van der Waals surface area contributed by atoms with Crippen molar-refractivity contribution in [3.63, 3.8) is 0 Å². The largest absolute Gasteiger partial charge is 0.308 e. The molecule has 6 rings (SSSR count). The van der Waals surface area contributed by atoms with Gasteiger partial charge in [0.1, 0.15) is 0 Å². The maximum absolute atomic E-state index is 15.0. The molecule has 56 heavy (non-hydrogen) atoms. The van der Waals surface area contributed by atoms with Crippen molar-refractivity contribution in [2.75, 3.05) is 33.7 Å². The van der Waals surface area contributed by atoms with Crippen molar-refractivity contribution in [2.24, 2.45) is 0 Å². The molecule has 7 nitrogen and oxygen atoms in total. The molecule has 3 amide bonds. The molecule has 3 heterocycles. The minimum Gasteiger partial charge on any atom is -0.308 e. The number of para-hydroxylation sites is 3. The summed E-state index contributed by atoms with van der Waals surface area (Å²) in [5.74, 6) is -0.655. The Labute approximate surface area is 339 Å². The van der Waals surface area contributed by atoms with Gasteiger partial charge in [0.25, 0.3) is 23.5 Å². The van der Waals surface area contributed by atoms with Gasteiger partial charge in [-0.2, -0.15) is 0 Å². The molecule has 0 aliphatic carbocycles. The Bertz CT molecular complexity index is 1870. The molecular weight excluding hydrogens is 718 g/mol. The number of hydrogen-bond donors (Lipinski definition) is 0. The maximum atomic E-state index is 15.0. The van der Waals surface area contributed by atoms with Crippen molar-refractivity contribution in [3.8, 4) is 0 Å². The zero-order chi connectivity index (χ0) is 39.3. The molecule has 3 aromatic carbocycles. The smallest absolute Gasteiger partial charge is 0.299 e. The lowest BCUT2D eigenvalue weighted by Crippen LogP contribution is -2.47. The van der Waals surface area contributed by atoms with Gasteiger partial charge in [0.05, 0.1) is 39.8 Å². The summed E-state index contributed by atoms with van der Waals surface area (Å²) in [4.78, 5) is 61.3. The van der Waals surface area contributed by atoms with E-state index in [4.69, 9.17) is 11.6 Å². The Hall–Kier alpha value is -4.23. The van der Waals surface area contributed by atoms with Crippen LogP contribution in [-0.2, 0) is 14.4 Å². The number of nitrogens with zero attached hydrogens (tertiary/aromatic N) is 3. The SMILES string of the molecule is CCCCCCCCCCC(CN1C(=O)C(=O)c2ccccc21)N1C(=O)C(=C2C(=O)N(CCCCCCCCCCCCCl)c3ccccc32)c2ccccc21. The molecule has 8 heteroatoms. The van der Waals surface area contributed by atoms with Crippen LogP contribution in [0.5, 0.6) is 0 Å². The molecule has 1 atom stereocenters. The van der Waals surface area contributed by atoms with E-state index in [-0.39, 0.29) is 18.4 Å². The highest BCUT2D eigenvalue weighted by molar-refractivity contribution is 6.52. The number of rotatable bonds is 24. The van der Waals surface area contributed by atoms with Crippen LogP contribution in [0.4, 0.5) is 17.1 Å². The van der Waals surface area contributed by atoms with E-state index >= 15 is 4.79 Å². The Balaban J connectivity index is 1.21. The third kappa shape index (κ3) is 9.48. The first-order valence-corrected chi connectivity index (χ1v) is 22.1. The van der Waals surface area contributed by atoms with E-state index in [1.807, 2.05) is 70.5 Å². The third-order valence-corrected chi connectivity index (χ3v) is 12.1. The third-order valence-electron chi connectivity index (χ3n) is 11.8. The number of benzene rings is 3. The van der Waals surface area contributed by atoms with Gasteiger partial charge in [-0.3, -0.25) is 19.2 Å². The topological polar surface area (TPSA) is 78.0 Å². The Kier molecular flexibility index (Phi) is 15.4. The van der Waals surface area contributed by atoms with E-state index in [1.165, 1.54) is 70.6 Å². The van der Waals surface area contributed by atoms with Gasteiger partial charge >= 0.3 is 0 Å². The first-order valence-electron chi connectivity index (χ1n) is 21.6. The minimum atomic E-state index is -0.556. The van der Waals surface area contributed by atoms with Gasteiger partial charge in [0.2, 0.25) is 0 Å². The molecule has 0 spiro atoms. The highest BCUT2D eigenvalue weighted by Gasteiger charge is 2.45. The number of hydrogen-bond acceptors (Lipinski definition) is 4. The highest BCUT2D eigenvalue weighted by Crippen LogP contribution is 2.47. The van der Waals surface area contributed by atoms with E-state index < -0.39 is 17.7 Å². The Morgan fingerprint density at radius 2 is 0.946 bits per heavy atom. The predicted octanol–water partition coefficient (Wildman–Crippen LogP) is 11.6. The molecule has 0 fully saturated rings. The van der Waals surface area contributed by atoms with Gasteiger partial charge in [-0.15, -0.1) is 11.6 Å². The monoisotopic (exact) mass is 777 g/mol. The van der Waals surface area contributed by atoms with Crippen molar-refractivity contribution in [3.05, 3.63) is 89.5 Å². The first-order chi connectivity index (χ1) is 27.5. The van der Waals surface area contributed by atoms with Crippen molar-refractivity contribution in [1.29, 1.82) is 0 Å². The van der Waals surface area contributed by atoms with E-state index in [2.05, 4.69) is 6.92 Å². The van der Waals surface area contributed by atoms with Crippen LogP contribution in [0, 0.1) is 0 Å². The Morgan fingerprint density at radius 1 is 0.482 bits per heavy atom. The van der Waals surface area contributed by atoms with Gasteiger partial charge in [-0.25, -0.2) is 0 Å². The zero-order valence-corrected chi connectivity index (χ0v) is 34.2. The van der Waals surface area contributed by atoms with E-state index in [0.29, 0.717) is 35.4 Å². The summed E-state index contributed by atoms with van der Waals surface area (Å²) in [6, 6.07) is 22.3. The Morgan fingerprint density at radius 3 is 1.55 bits per heavy atom. The van der Waals surface area contributed by atoms with Crippen LogP contribution in [0.25, 0.3) is 11.1 Å². The second kappa shape index (κ2) is 20.8. The molecule has 3 aromatic rings. The number of unbranched alkanes of at least 4 members (excludes halogenated alkanes) is 16. The van der Waals surface area contributed by atoms with Gasteiger partial charge in [0.15, 0.2) is 0 Å². The van der Waals surface area contributed by atoms with Crippen LogP contribution < -0.4 is 14.7 Å². The summed E-state index contributed by atoms with van der Waals surface area (Å²) in [6.45, 7) is 3.03. The summed E-state index contributed by atoms with van der Waals surface area (Å²) in [6.07, 6.45) is 21.6. The lowest BCUT2D eigenvalue weighted by Gasteiger charge is -2.32. The minimum absolute atomic E-state index is 0.128. The van der Waals surface area contributed by atoms with Crippen molar-refractivity contribution < 1.29 is 19.2 Å². The molecule has 0 radical (unpaired) electrons. The summed E-state index contributed by atoms with van der Waals surface area (Å²) in [5, 5.41) is 0. The standard InChI is InChI=1S/C48H60ClN3O4/c1-2-3-4-5-6-11-14-17-26-36(35-51-41-31-22-20-29-39(41)45(53)48(51)56)52-42-32-23-19-28-38(42)44(47(52)55)43-37-27-18-21-30-40(37)50(46(43)54)34-25-16-13-10-8-7-9-12-15-24-33-49/h18-23,27-32,36H,2-17,24-26,33-35H2,1H3. The second-order valence-corrected chi connectivity index (χ2v) is 16.2. The van der Waals surface area contributed by atoms with Crippen molar-refractivity contribution >= 4 is 63.3 Å². The number of ketones is 1. The molecule has 0 bridgehead atoms. The van der Waals surface area contributed by atoms with Crippen LogP contribution in [0.2, 0.25) is 0 Å². The number of alkyl halides is 1. The van der Waals surface area contributed by atoms with Crippen LogP contribution in [-0.4, -0.2) is 48.5 Å². The number of Topliss-reactive ketones (excluding diaryl/α,β-unsaturated/α-hetero) is 1. The molecule has 0 saturated carbocycles. The molecule has 0 N–H and O–H groups in total. The molecule has 0 saturated heterocycles. The zero-order valence-electron chi connectivity index (χ0n) is 33.4. The number of carbonyl (C=O) groups is 4. The number of fused-ring (bicyclic) bond motifs is 3. The molecule has 0 aromatic heterocycles. The predicted molar refractivity (Wildman–Crippen MR) is 231 cm³/mol. The van der Waals surface area contributed by atoms with E-state index in [0.717, 1.165) is 73.3 Å². The molecule has 1 unspecified atom stereocenters. The summed E-state index contributed by atoms with van der Waals surface area (Å²) in [5.41, 5.74) is 5.02. The van der Waals surface area contributed by atoms with Crippen molar-refractivity contribution in [2.45, 2.75) is 135 Å². The van der Waals surface area contributed by atoms with Crippen LogP contribution in [0.1, 0.15) is 150 Å². The van der Waals surface area contributed by atoms with Gasteiger partial charge in [0, 0.05) is 30.1 Å². The average molecular weight is 778 g/mol. The lowest BCUT2D eigenvalue weighted by atomic mass is 9.96. The quantitative estimate of drug-likeness (QED) is 0.0393. The fraction of sp³-hybridized carbons (Fsp3) is 0.500. The lowest BCUT2D eigenvalue weighted by molar-refractivity contribution is -0.115. The summed E-state index contributed by atoms with van der Waals surface area (Å²) >= 11 is 5.80. The van der Waals surface area contributed by atoms with Gasteiger partial charge in [-0.05, 0) is 43.5 Å². The van der Waals surface area contributed by atoms with Crippen LogP contribution in [0.15, 0.2) is 72.8 Å². The summed E-state index contributed by atoms with van der Waals surface area (Å²) in [7, 11) is 0. The normalized spacial score (nSPS) is 16.6.